The average molecular weight is 288 g/mol. The largest absolute Gasteiger partial charge is 0.379 e. The summed E-state index contributed by atoms with van der Waals surface area (Å²) in [6.45, 7) is 7.78. The molecule has 4 nitrogen and oxygen atoms in total. The number of hydrogen-bond donors (Lipinski definition) is 1. The summed E-state index contributed by atoms with van der Waals surface area (Å²) in [5.41, 5.74) is 2.24. The van der Waals surface area contributed by atoms with E-state index in [1.54, 1.807) is 6.08 Å². The maximum absolute atomic E-state index is 11.8. The first-order chi connectivity index (χ1) is 10.2. The Labute approximate surface area is 126 Å². The van der Waals surface area contributed by atoms with Crippen LogP contribution in [0.15, 0.2) is 42.0 Å². The number of amides is 1. The van der Waals surface area contributed by atoms with E-state index >= 15 is 0 Å². The SMILES string of the molecule is CC(C)=CC(=O)NCC(c1ccccc1)N1CCOCC1. The molecule has 1 aliphatic heterocycles. The Hall–Kier alpha value is -1.65. The number of carbonyl (C=O) groups excluding carboxylic acids is 1. The molecule has 0 radical (unpaired) electrons. The number of rotatable bonds is 5. The molecule has 1 atom stereocenters. The van der Waals surface area contributed by atoms with Crippen molar-refractivity contribution in [1.82, 2.24) is 10.2 Å². The van der Waals surface area contributed by atoms with E-state index < -0.39 is 0 Å². The second kappa shape index (κ2) is 7.96. The lowest BCUT2D eigenvalue weighted by Crippen LogP contribution is -2.43. The van der Waals surface area contributed by atoms with Gasteiger partial charge in [-0.15, -0.1) is 0 Å². The van der Waals surface area contributed by atoms with Gasteiger partial charge in [0, 0.05) is 25.7 Å². The van der Waals surface area contributed by atoms with Gasteiger partial charge in [0.1, 0.15) is 0 Å². The monoisotopic (exact) mass is 288 g/mol. The minimum Gasteiger partial charge on any atom is -0.379 e. The van der Waals surface area contributed by atoms with Crippen LogP contribution >= 0.6 is 0 Å². The number of allylic oxidation sites excluding steroid dienone is 1. The van der Waals surface area contributed by atoms with E-state index in [0.717, 1.165) is 31.9 Å². The van der Waals surface area contributed by atoms with Crippen molar-refractivity contribution in [2.24, 2.45) is 0 Å². The molecular weight excluding hydrogens is 264 g/mol. The van der Waals surface area contributed by atoms with Crippen LogP contribution in [-0.4, -0.2) is 43.7 Å². The number of benzene rings is 1. The van der Waals surface area contributed by atoms with E-state index in [2.05, 4.69) is 22.3 Å². The van der Waals surface area contributed by atoms with Crippen LogP contribution in [0.5, 0.6) is 0 Å². The van der Waals surface area contributed by atoms with Gasteiger partial charge in [0.2, 0.25) is 5.91 Å². The van der Waals surface area contributed by atoms with Crippen molar-refractivity contribution < 1.29 is 9.53 Å². The second-order valence-corrected chi connectivity index (χ2v) is 5.54. The van der Waals surface area contributed by atoms with Gasteiger partial charge in [-0.2, -0.15) is 0 Å². The molecule has 21 heavy (non-hydrogen) atoms. The number of nitrogens with zero attached hydrogens (tertiary/aromatic N) is 1. The standard InChI is InChI=1S/C17H24N2O2/c1-14(2)12-17(20)18-13-16(15-6-4-3-5-7-15)19-8-10-21-11-9-19/h3-7,12,16H,8-11,13H2,1-2H3,(H,18,20). The van der Waals surface area contributed by atoms with Gasteiger partial charge in [-0.05, 0) is 19.4 Å². The minimum atomic E-state index is -0.0239. The lowest BCUT2D eigenvalue weighted by atomic mass is 10.0. The minimum absolute atomic E-state index is 0.0239. The predicted octanol–water partition coefficient (Wildman–Crippen LogP) is 2.14. The highest BCUT2D eigenvalue weighted by molar-refractivity contribution is 5.88. The van der Waals surface area contributed by atoms with Gasteiger partial charge in [0.05, 0.1) is 19.3 Å². The van der Waals surface area contributed by atoms with Gasteiger partial charge >= 0.3 is 0 Å². The summed E-state index contributed by atoms with van der Waals surface area (Å²) in [5.74, 6) is -0.0239. The maximum atomic E-state index is 11.8. The third-order valence-electron chi connectivity index (χ3n) is 3.56. The smallest absolute Gasteiger partial charge is 0.243 e. The normalized spacial score (nSPS) is 17.0. The number of nitrogens with one attached hydrogen (secondary N) is 1. The average Bonchev–Trinajstić information content (AvgIpc) is 2.49. The summed E-state index contributed by atoms with van der Waals surface area (Å²) < 4.78 is 5.43. The van der Waals surface area contributed by atoms with Crippen molar-refractivity contribution >= 4 is 5.91 Å². The van der Waals surface area contributed by atoms with E-state index in [9.17, 15) is 4.79 Å². The first-order valence-corrected chi connectivity index (χ1v) is 7.46. The quantitative estimate of drug-likeness (QED) is 0.844. The molecule has 2 rings (SSSR count). The van der Waals surface area contributed by atoms with Crippen LogP contribution in [0.25, 0.3) is 0 Å². The molecule has 1 aliphatic rings. The Bertz CT molecular complexity index is 475. The van der Waals surface area contributed by atoms with E-state index in [1.165, 1.54) is 5.56 Å². The molecule has 1 amide bonds. The van der Waals surface area contributed by atoms with Crippen LogP contribution in [0.1, 0.15) is 25.5 Å². The van der Waals surface area contributed by atoms with Crippen molar-refractivity contribution in [3.8, 4) is 0 Å². The van der Waals surface area contributed by atoms with Crippen molar-refractivity contribution in [3.63, 3.8) is 0 Å². The molecule has 1 fully saturated rings. The van der Waals surface area contributed by atoms with E-state index in [4.69, 9.17) is 4.74 Å². The molecule has 1 aromatic rings. The highest BCUT2D eigenvalue weighted by Crippen LogP contribution is 2.20. The molecule has 0 spiro atoms. The molecule has 1 saturated heterocycles. The number of hydrogen-bond acceptors (Lipinski definition) is 3. The third kappa shape index (κ3) is 4.99. The molecule has 1 aromatic carbocycles. The van der Waals surface area contributed by atoms with Crippen molar-refractivity contribution in [2.45, 2.75) is 19.9 Å². The van der Waals surface area contributed by atoms with Crippen molar-refractivity contribution in [1.29, 1.82) is 0 Å². The summed E-state index contributed by atoms with van der Waals surface area (Å²) in [7, 11) is 0. The van der Waals surface area contributed by atoms with Gasteiger partial charge in [-0.1, -0.05) is 35.9 Å². The molecule has 1 heterocycles. The third-order valence-corrected chi connectivity index (χ3v) is 3.56. The first kappa shape index (κ1) is 15.7. The zero-order valence-corrected chi connectivity index (χ0v) is 12.8. The summed E-state index contributed by atoms with van der Waals surface area (Å²) in [5, 5.41) is 3.01. The topological polar surface area (TPSA) is 41.6 Å². The van der Waals surface area contributed by atoms with Gasteiger partial charge in [0.25, 0.3) is 0 Å². The van der Waals surface area contributed by atoms with Crippen molar-refractivity contribution in [2.75, 3.05) is 32.8 Å². The second-order valence-electron chi connectivity index (χ2n) is 5.54. The van der Waals surface area contributed by atoms with Crippen molar-refractivity contribution in [3.05, 3.63) is 47.5 Å². The van der Waals surface area contributed by atoms with Crippen LogP contribution in [-0.2, 0) is 9.53 Å². The maximum Gasteiger partial charge on any atom is 0.243 e. The number of morpholine rings is 1. The summed E-state index contributed by atoms with van der Waals surface area (Å²) in [6, 6.07) is 10.5. The zero-order chi connectivity index (χ0) is 15.1. The van der Waals surface area contributed by atoms with E-state index in [-0.39, 0.29) is 11.9 Å². The lowest BCUT2D eigenvalue weighted by Gasteiger charge is -2.34. The first-order valence-electron chi connectivity index (χ1n) is 7.46. The Balaban J connectivity index is 2.05. The molecule has 0 saturated carbocycles. The molecule has 0 aliphatic carbocycles. The highest BCUT2D eigenvalue weighted by atomic mass is 16.5. The Morgan fingerprint density at radius 2 is 1.95 bits per heavy atom. The molecule has 4 heteroatoms. The van der Waals surface area contributed by atoms with Crippen LogP contribution in [0.4, 0.5) is 0 Å². The van der Waals surface area contributed by atoms with E-state index in [0.29, 0.717) is 6.54 Å². The molecular formula is C17H24N2O2. The molecule has 114 valence electrons. The number of carbonyl (C=O) groups is 1. The van der Waals surface area contributed by atoms with E-state index in [1.807, 2.05) is 32.0 Å². The lowest BCUT2D eigenvalue weighted by molar-refractivity contribution is -0.116. The Morgan fingerprint density at radius 3 is 2.57 bits per heavy atom. The Morgan fingerprint density at radius 1 is 1.29 bits per heavy atom. The fraction of sp³-hybridized carbons (Fsp3) is 0.471. The number of ether oxygens (including phenoxy) is 1. The summed E-state index contributed by atoms with van der Waals surface area (Å²) in [6.07, 6.45) is 1.64. The molecule has 0 bridgehead atoms. The fourth-order valence-corrected chi connectivity index (χ4v) is 2.53. The fourth-order valence-electron chi connectivity index (χ4n) is 2.53. The Kier molecular flexibility index (Phi) is 5.96. The van der Waals surface area contributed by atoms with Gasteiger partial charge in [-0.25, -0.2) is 0 Å². The molecule has 1 N–H and O–H groups in total. The van der Waals surface area contributed by atoms with Crippen LogP contribution in [0.2, 0.25) is 0 Å². The molecule has 0 aromatic heterocycles. The van der Waals surface area contributed by atoms with Gasteiger partial charge in [-0.3, -0.25) is 9.69 Å². The summed E-state index contributed by atoms with van der Waals surface area (Å²) in [4.78, 5) is 14.2. The van der Waals surface area contributed by atoms with Gasteiger partial charge in [0.15, 0.2) is 0 Å². The molecule has 1 unspecified atom stereocenters. The highest BCUT2D eigenvalue weighted by Gasteiger charge is 2.22. The van der Waals surface area contributed by atoms with Crippen LogP contribution in [0.3, 0.4) is 0 Å². The van der Waals surface area contributed by atoms with Gasteiger partial charge < -0.3 is 10.1 Å². The summed E-state index contributed by atoms with van der Waals surface area (Å²) >= 11 is 0. The predicted molar refractivity (Wildman–Crippen MR) is 84.0 cm³/mol. The zero-order valence-electron chi connectivity index (χ0n) is 12.8. The van der Waals surface area contributed by atoms with Crippen LogP contribution < -0.4 is 5.32 Å². The van der Waals surface area contributed by atoms with Crippen LogP contribution in [0, 0.1) is 0 Å².